The summed E-state index contributed by atoms with van der Waals surface area (Å²) in [5, 5.41) is 6.39. The first kappa shape index (κ1) is 19.9. The molecule has 4 N–H and O–H groups in total. The monoisotopic (exact) mass is 424 g/mol. The Morgan fingerprint density at radius 2 is 1.78 bits per heavy atom. The lowest BCUT2D eigenvalue weighted by Crippen LogP contribution is -2.23. The van der Waals surface area contributed by atoms with Crippen molar-refractivity contribution in [2.24, 2.45) is 0 Å². The number of carbonyl (C=O) groups is 2. The van der Waals surface area contributed by atoms with Crippen LogP contribution < -0.4 is 16.4 Å². The molecular weight excluding hydrogens is 400 g/mol. The van der Waals surface area contributed by atoms with E-state index in [-0.39, 0.29) is 11.8 Å². The highest BCUT2D eigenvalue weighted by molar-refractivity contribution is 6.37. The topological polar surface area (TPSA) is 87.5 Å². The van der Waals surface area contributed by atoms with Gasteiger partial charge in [-0.15, -0.1) is 0 Å². The van der Waals surface area contributed by atoms with Crippen LogP contribution in [0.3, 0.4) is 0 Å². The van der Waals surface area contributed by atoms with Gasteiger partial charge in [-0.2, -0.15) is 0 Å². The van der Waals surface area contributed by atoms with Crippen LogP contribution in [0, 0.1) is 0 Å². The standard InChI is InChI=1S/C26H24N4O2/c27-19-10-13-22-21(15-19)24(26(32)29-22)25(18-5-2-1-3-6-18)28-20-11-8-17(9-12-20)16-30-14-4-7-23(30)31/h1-3,5-6,8-13,15,28H,4,7,14,16,27H2,(H,29,32). The third-order valence-electron chi connectivity index (χ3n) is 5.87. The molecule has 0 unspecified atom stereocenters. The van der Waals surface area contributed by atoms with Crippen LogP contribution in [0.4, 0.5) is 17.1 Å². The van der Waals surface area contributed by atoms with Crippen molar-refractivity contribution in [1.29, 1.82) is 0 Å². The fourth-order valence-electron chi connectivity index (χ4n) is 4.25. The van der Waals surface area contributed by atoms with Crippen LogP contribution in [0.5, 0.6) is 0 Å². The van der Waals surface area contributed by atoms with Crippen molar-refractivity contribution in [2.45, 2.75) is 19.4 Å². The maximum absolute atomic E-state index is 12.9. The molecule has 0 radical (unpaired) electrons. The summed E-state index contributed by atoms with van der Waals surface area (Å²) in [5.74, 6) is 0.0506. The first-order valence-electron chi connectivity index (χ1n) is 10.7. The molecule has 32 heavy (non-hydrogen) atoms. The van der Waals surface area contributed by atoms with E-state index < -0.39 is 0 Å². The maximum Gasteiger partial charge on any atom is 0.258 e. The van der Waals surface area contributed by atoms with Crippen LogP contribution in [0.25, 0.3) is 11.3 Å². The second-order valence-corrected chi connectivity index (χ2v) is 8.12. The first-order valence-corrected chi connectivity index (χ1v) is 10.7. The molecule has 2 aliphatic heterocycles. The summed E-state index contributed by atoms with van der Waals surface area (Å²) in [7, 11) is 0. The maximum atomic E-state index is 12.9. The number of anilines is 3. The van der Waals surface area contributed by atoms with E-state index in [1.807, 2.05) is 71.6 Å². The van der Waals surface area contributed by atoms with Crippen LogP contribution >= 0.6 is 0 Å². The van der Waals surface area contributed by atoms with Crippen LogP contribution in [0.15, 0.2) is 72.8 Å². The smallest absolute Gasteiger partial charge is 0.258 e. The molecule has 2 amide bonds. The van der Waals surface area contributed by atoms with Gasteiger partial charge in [0.1, 0.15) is 0 Å². The fraction of sp³-hybridized carbons (Fsp3) is 0.154. The Balaban J connectivity index is 1.50. The van der Waals surface area contributed by atoms with E-state index in [9.17, 15) is 9.59 Å². The van der Waals surface area contributed by atoms with Gasteiger partial charge >= 0.3 is 0 Å². The number of nitrogens with two attached hydrogens (primary N) is 1. The summed E-state index contributed by atoms with van der Waals surface area (Å²) in [5.41, 5.74) is 12.3. The van der Waals surface area contributed by atoms with Gasteiger partial charge in [-0.25, -0.2) is 0 Å². The second kappa shape index (κ2) is 8.23. The molecule has 0 bridgehead atoms. The highest BCUT2D eigenvalue weighted by atomic mass is 16.2. The van der Waals surface area contributed by atoms with E-state index in [4.69, 9.17) is 5.73 Å². The molecule has 3 aromatic carbocycles. The van der Waals surface area contributed by atoms with Crippen molar-refractivity contribution in [1.82, 2.24) is 4.90 Å². The summed E-state index contributed by atoms with van der Waals surface area (Å²) < 4.78 is 0. The highest BCUT2D eigenvalue weighted by Crippen LogP contribution is 2.38. The minimum absolute atomic E-state index is 0.166. The number of likely N-dealkylation sites (tertiary alicyclic amines) is 1. The number of amides is 2. The molecule has 0 saturated carbocycles. The average molecular weight is 425 g/mol. The van der Waals surface area contributed by atoms with E-state index in [1.54, 1.807) is 6.07 Å². The number of benzene rings is 3. The number of carbonyl (C=O) groups excluding carboxylic acids is 2. The van der Waals surface area contributed by atoms with E-state index in [0.29, 0.717) is 24.2 Å². The minimum atomic E-state index is -0.166. The first-order chi connectivity index (χ1) is 15.6. The third kappa shape index (κ3) is 3.83. The molecule has 3 aromatic rings. The van der Waals surface area contributed by atoms with Gasteiger partial charge in [0.2, 0.25) is 5.91 Å². The lowest BCUT2D eigenvalue weighted by molar-refractivity contribution is -0.128. The van der Waals surface area contributed by atoms with Gasteiger partial charge in [-0.3, -0.25) is 9.59 Å². The molecule has 6 nitrogen and oxygen atoms in total. The van der Waals surface area contributed by atoms with Crippen LogP contribution in [0.1, 0.15) is 29.5 Å². The van der Waals surface area contributed by atoms with E-state index in [0.717, 1.165) is 46.7 Å². The third-order valence-corrected chi connectivity index (χ3v) is 5.87. The van der Waals surface area contributed by atoms with Crippen LogP contribution in [-0.4, -0.2) is 23.3 Å². The molecule has 0 aliphatic carbocycles. The zero-order valence-corrected chi connectivity index (χ0v) is 17.6. The number of fused-ring (bicyclic) bond motifs is 1. The van der Waals surface area contributed by atoms with Gasteiger partial charge in [0, 0.05) is 42.1 Å². The lowest BCUT2D eigenvalue weighted by atomic mass is 9.99. The number of nitrogen functional groups attached to an aromatic ring is 1. The van der Waals surface area contributed by atoms with Gasteiger partial charge in [-0.1, -0.05) is 42.5 Å². The van der Waals surface area contributed by atoms with Gasteiger partial charge in [0.05, 0.1) is 11.3 Å². The Kier molecular flexibility index (Phi) is 5.11. The molecule has 1 saturated heterocycles. The fourth-order valence-corrected chi connectivity index (χ4v) is 4.25. The Morgan fingerprint density at radius 3 is 2.50 bits per heavy atom. The minimum Gasteiger partial charge on any atom is -0.399 e. The molecular formula is C26H24N4O2. The molecule has 0 aromatic heterocycles. The number of nitrogens with zero attached hydrogens (tertiary/aromatic N) is 1. The van der Waals surface area contributed by atoms with Gasteiger partial charge in [0.15, 0.2) is 0 Å². The van der Waals surface area contributed by atoms with Crippen molar-refractivity contribution in [3.8, 4) is 0 Å². The van der Waals surface area contributed by atoms with Crippen LogP contribution in [-0.2, 0) is 16.1 Å². The van der Waals surface area contributed by atoms with E-state index >= 15 is 0 Å². The molecule has 5 rings (SSSR count). The SMILES string of the molecule is Nc1ccc2c(c1)C(=C(Nc1ccc(CN3CCCC3=O)cc1)c1ccccc1)C(=O)N2. The number of rotatable bonds is 5. The Labute approximate surface area is 186 Å². The second-order valence-electron chi connectivity index (χ2n) is 8.12. The predicted molar refractivity (Wildman–Crippen MR) is 127 cm³/mol. The molecule has 6 heteroatoms. The van der Waals surface area contributed by atoms with E-state index in [1.165, 1.54) is 0 Å². The van der Waals surface area contributed by atoms with Gasteiger partial charge in [-0.05, 0) is 47.9 Å². The largest absolute Gasteiger partial charge is 0.399 e. The highest BCUT2D eigenvalue weighted by Gasteiger charge is 2.28. The number of nitrogens with one attached hydrogen (secondary N) is 2. The molecule has 2 heterocycles. The molecule has 0 atom stereocenters. The number of hydrogen-bond acceptors (Lipinski definition) is 4. The average Bonchev–Trinajstić information content (AvgIpc) is 3.35. The Hall–Kier alpha value is -4.06. The predicted octanol–water partition coefficient (Wildman–Crippen LogP) is 4.32. The van der Waals surface area contributed by atoms with Crippen molar-refractivity contribution >= 4 is 40.1 Å². The summed E-state index contributed by atoms with van der Waals surface area (Å²) >= 11 is 0. The van der Waals surface area contributed by atoms with Gasteiger partial charge < -0.3 is 21.3 Å². The Bertz CT molecular complexity index is 1220. The van der Waals surface area contributed by atoms with Gasteiger partial charge in [0.25, 0.3) is 5.91 Å². The zero-order chi connectivity index (χ0) is 22.1. The molecule has 2 aliphatic rings. The van der Waals surface area contributed by atoms with Crippen molar-refractivity contribution in [2.75, 3.05) is 22.9 Å². The summed E-state index contributed by atoms with van der Waals surface area (Å²) in [4.78, 5) is 26.7. The van der Waals surface area contributed by atoms with Crippen LogP contribution in [0.2, 0.25) is 0 Å². The summed E-state index contributed by atoms with van der Waals surface area (Å²) in [6.45, 7) is 1.45. The summed E-state index contributed by atoms with van der Waals surface area (Å²) in [6.07, 6.45) is 1.57. The van der Waals surface area contributed by atoms with Crippen molar-refractivity contribution in [3.63, 3.8) is 0 Å². The van der Waals surface area contributed by atoms with E-state index in [2.05, 4.69) is 10.6 Å². The number of hydrogen-bond donors (Lipinski definition) is 3. The van der Waals surface area contributed by atoms with Crippen molar-refractivity contribution in [3.05, 3.63) is 89.5 Å². The molecule has 1 fully saturated rings. The Morgan fingerprint density at radius 1 is 1.00 bits per heavy atom. The zero-order valence-electron chi connectivity index (χ0n) is 17.6. The lowest BCUT2D eigenvalue weighted by Gasteiger charge is -2.17. The molecule has 0 spiro atoms. The summed E-state index contributed by atoms with van der Waals surface area (Å²) in [6, 6.07) is 23.2. The normalized spacial score (nSPS) is 16.7. The quantitative estimate of drug-likeness (QED) is 0.420. The molecule has 160 valence electrons. The van der Waals surface area contributed by atoms with Crippen molar-refractivity contribution < 1.29 is 9.59 Å².